The number of nitrogens with zero attached hydrogens (tertiary/aromatic N) is 3. The Morgan fingerprint density at radius 3 is 2.90 bits per heavy atom. The summed E-state index contributed by atoms with van der Waals surface area (Å²) in [5.41, 5.74) is 3.73. The third kappa shape index (κ3) is 3.33. The number of ether oxygens (including phenoxy) is 2. The highest BCUT2D eigenvalue weighted by atomic mass is 32.1. The minimum atomic E-state index is -0.130. The van der Waals surface area contributed by atoms with Crippen molar-refractivity contribution in [2.24, 2.45) is 0 Å². The lowest BCUT2D eigenvalue weighted by atomic mass is 9.85. The molecule has 0 bridgehead atoms. The van der Waals surface area contributed by atoms with Crippen LogP contribution in [0.25, 0.3) is 15.3 Å². The average Bonchev–Trinajstić information content (AvgIpc) is 3.34. The molecule has 1 amide bonds. The zero-order chi connectivity index (χ0) is 21.5. The van der Waals surface area contributed by atoms with Crippen molar-refractivity contribution in [2.75, 3.05) is 19.0 Å². The average molecular weight is 435 g/mol. The molecule has 2 aromatic carbocycles. The number of anilines is 1. The predicted octanol–water partition coefficient (Wildman–Crippen LogP) is 4.67. The molecule has 5 rings (SSSR count). The second-order valence-corrected chi connectivity index (χ2v) is 8.37. The fourth-order valence-corrected chi connectivity index (χ4v) is 5.07. The Hall–Kier alpha value is -3.39. The van der Waals surface area contributed by atoms with Crippen LogP contribution < -0.4 is 14.8 Å². The summed E-state index contributed by atoms with van der Waals surface area (Å²) in [6, 6.07) is 13.7. The van der Waals surface area contributed by atoms with E-state index < -0.39 is 0 Å². The number of para-hydroxylation sites is 1. The van der Waals surface area contributed by atoms with Crippen LogP contribution in [0.5, 0.6) is 11.5 Å². The second-order valence-electron chi connectivity index (χ2n) is 7.37. The molecule has 2 aromatic heterocycles. The lowest BCUT2D eigenvalue weighted by Gasteiger charge is -2.25. The van der Waals surface area contributed by atoms with Crippen molar-refractivity contribution in [2.45, 2.75) is 26.2 Å². The zero-order valence-corrected chi connectivity index (χ0v) is 18.3. The number of carbonyl (C=O) groups is 1. The van der Waals surface area contributed by atoms with Gasteiger partial charge in [-0.1, -0.05) is 29.5 Å². The number of thiazole rings is 1. The van der Waals surface area contributed by atoms with Crippen molar-refractivity contribution in [3.8, 4) is 16.6 Å². The zero-order valence-electron chi connectivity index (χ0n) is 17.5. The molecule has 31 heavy (non-hydrogen) atoms. The Bertz CT molecular complexity index is 1290. The van der Waals surface area contributed by atoms with Gasteiger partial charge in [-0.15, -0.1) is 0 Å². The van der Waals surface area contributed by atoms with Crippen LogP contribution in [0.3, 0.4) is 0 Å². The van der Waals surface area contributed by atoms with Gasteiger partial charge in [-0.05, 0) is 38.1 Å². The van der Waals surface area contributed by atoms with Crippen molar-refractivity contribution in [3.05, 3.63) is 59.3 Å². The van der Waals surface area contributed by atoms with E-state index in [2.05, 4.69) is 5.32 Å². The van der Waals surface area contributed by atoms with E-state index in [1.54, 1.807) is 11.8 Å². The van der Waals surface area contributed by atoms with Crippen molar-refractivity contribution in [3.63, 3.8) is 0 Å². The molecule has 1 aliphatic rings. The van der Waals surface area contributed by atoms with E-state index in [0.717, 1.165) is 38.5 Å². The molecule has 0 saturated heterocycles. The summed E-state index contributed by atoms with van der Waals surface area (Å²) in [5.74, 6) is 2.08. The maximum atomic E-state index is 12.7. The Labute approximate surface area is 183 Å². The third-order valence-corrected chi connectivity index (χ3v) is 6.46. The molecule has 1 unspecified atom stereocenters. The Balaban J connectivity index is 1.65. The number of hydrogen-bond donors (Lipinski definition) is 1. The third-order valence-electron chi connectivity index (χ3n) is 5.46. The molecule has 0 saturated carbocycles. The van der Waals surface area contributed by atoms with Gasteiger partial charge < -0.3 is 14.8 Å². The normalized spacial score (nSPS) is 15.6. The van der Waals surface area contributed by atoms with Gasteiger partial charge in [-0.3, -0.25) is 4.79 Å². The highest BCUT2D eigenvalue weighted by molar-refractivity contribution is 7.20. The van der Waals surface area contributed by atoms with Gasteiger partial charge >= 0.3 is 0 Å². The standard InChI is InChI=1S/C23H22N4O3S/c1-4-30-18-8-6-5-7-15(18)16-12-20(28)25-22-21(16)13(2)26-27(22)23-24-17-10-9-14(29-3)11-19(17)31-23/h5-11,16H,4,12H2,1-3H3,(H,25,28). The number of nitrogens with one attached hydrogen (secondary N) is 1. The van der Waals surface area contributed by atoms with Crippen molar-refractivity contribution < 1.29 is 14.3 Å². The van der Waals surface area contributed by atoms with Crippen LogP contribution in [-0.2, 0) is 4.79 Å². The molecule has 3 heterocycles. The van der Waals surface area contributed by atoms with Gasteiger partial charge in [-0.2, -0.15) is 9.78 Å². The summed E-state index contributed by atoms with van der Waals surface area (Å²) in [6.07, 6.45) is 0.348. The minimum Gasteiger partial charge on any atom is -0.497 e. The van der Waals surface area contributed by atoms with Crippen LogP contribution in [0.15, 0.2) is 42.5 Å². The van der Waals surface area contributed by atoms with Gasteiger partial charge in [0.15, 0.2) is 0 Å². The molecule has 1 aliphatic heterocycles. The molecular formula is C23H22N4O3S. The number of fused-ring (bicyclic) bond motifs is 2. The van der Waals surface area contributed by atoms with E-state index in [1.165, 1.54) is 11.3 Å². The number of hydrogen-bond acceptors (Lipinski definition) is 6. The van der Waals surface area contributed by atoms with Crippen LogP contribution in [0.2, 0.25) is 0 Å². The van der Waals surface area contributed by atoms with Gasteiger partial charge in [0.1, 0.15) is 17.3 Å². The molecule has 0 spiro atoms. The van der Waals surface area contributed by atoms with Crippen LogP contribution in [0, 0.1) is 6.92 Å². The van der Waals surface area contributed by atoms with Gasteiger partial charge in [0.25, 0.3) is 0 Å². The number of aryl methyl sites for hydroxylation is 1. The maximum Gasteiger partial charge on any atom is 0.226 e. The molecule has 0 fully saturated rings. The van der Waals surface area contributed by atoms with Crippen LogP contribution in [0.1, 0.15) is 36.1 Å². The summed E-state index contributed by atoms with van der Waals surface area (Å²) in [5, 5.41) is 8.49. The van der Waals surface area contributed by atoms with E-state index in [9.17, 15) is 4.79 Å². The highest BCUT2D eigenvalue weighted by Gasteiger charge is 2.34. The van der Waals surface area contributed by atoms with Gasteiger partial charge in [0, 0.05) is 23.5 Å². The van der Waals surface area contributed by atoms with Crippen molar-refractivity contribution in [1.29, 1.82) is 0 Å². The van der Waals surface area contributed by atoms with E-state index in [-0.39, 0.29) is 11.8 Å². The summed E-state index contributed by atoms with van der Waals surface area (Å²) in [4.78, 5) is 17.4. The fourth-order valence-electron chi connectivity index (χ4n) is 4.12. The smallest absolute Gasteiger partial charge is 0.226 e. The van der Waals surface area contributed by atoms with E-state index >= 15 is 0 Å². The highest BCUT2D eigenvalue weighted by Crippen LogP contribution is 2.43. The number of methoxy groups -OCH3 is 1. The van der Waals surface area contributed by atoms with Gasteiger partial charge in [0.05, 0.1) is 29.6 Å². The topological polar surface area (TPSA) is 78.3 Å². The molecule has 0 aliphatic carbocycles. The second kappa shape index (κ2) is 7.70. The first-order valence-corrected chi connectivity index (χ1v) is 11.0. The van der Waals surface area contributed by atoms with Crippen LogP contribution in [0.4, 0.5) is 5.82 Å². The van der Waals surface area contributed by atoms with Gasteiger partial charge in [0.2, 0.25) is 11.0 Å². The molecule has 0 radical (unpaired) electrons. The Kier molecular flexibility index (Phi) is 4.86. The number of amides is 1. The molecule has 1 N–H and O–H groups in total. The van der Waals surface area contributed by atoms with Crippen molar-refractivity contribution in [1.82, 2.24) is 14.8 Å². The quantitative estimate of drug-likeness (QED) is 0.494. The first kappa shape index (κ1) is 19.6. The summed E-state index contributed by atoms with van der Waals surface area (Å²) in [6.45, 7) is 4.50. The monoisotopic (exact) mass is 434 g/mol. The fraction of sp³-hybridized carbons (Fsp3) is 0.261. The first-order valence-electron chi connectivity index (χ1n) is 10.1. The van der Waals surface area contributed by atoms with Crippen LogP contribution in [-0.4, -0.2) is 34.4 Å². The molecule has 8 heteroatoms. The number of rotatable bonds is 5. The number of aromatic nitrogens is 3. The van der Waals surface area contributed by atoms with Crippen LogP contribution >= 0.6 is 11.3 Å². The first-order chi connectivity index (χ1) is 15.1. The summed E-state index contributed by atoms with van der Waals surface area (Å²) in [7, 11) is 1.64. The Morgan fingerprint density at radius 1 is 1.26 bits per heavy atom. The molecule has 158 valence electrons. The number of benzene rings is 2. The molecular weight excluding hydrogens is 412 g/mol. The largest absolute Gasteiger partial charge is 0.497 e. The predicted molar refractivity (Wildman–Crippen MR) is 121 cm³/mol. The lowest BCUT2D eigenvalue weighted by Crippen LogP contribution is -2.25. The Morgan fingerprint density at radius 2 is 2.10 bits per heavy atom. The van der Waals surface area contributed by atoms with Crippen molar-refractivity contribution >= 4 is 33.3 Å². The minimum absolute atomic E-state index is 0.0484. The van der Waals surface area contributed by atoms with E-state index in [1.807, 2.05) is 56.3 Å². The van der Waals surface area contributed by atoms with E-state index in [4.69, 9.17) is 19.6 Å². The van der Waals surface area contributed by atoms with E-state index in [0.29, 0.717) is 24.0 Å². The maximum absolute atomic E-state index is 12.7. The molecule has 1 atom stereocenters. The summed E-state index contributed by atoms with van der Waals surface area (Å²) >= 11 is 1.51. The molecule has 4 aromatic rings. The molecule has 7 nitrogen and oxygen atoms in total. The lowest BCUT2D eigenvalue weighted by molar-refractivity contribution is -0.116. The number of carbonyl (C=O) groups excluding carboxylic acids is 1. The SMILES string of the molecule is CCOc1ccccc1C1CC(=O)Nc2c1c(C)nn2-c1nc2ccc(OC)cc2s1. The van der Waals surface area contributed by atoms with Gasteiger partial charge in [-0.25, -0.2) is 4.98 Å². The summed E-state index contributed by atoms with van der Waals surface area (Å²) < 4.78 is 13.9.